The van der Waals surface area contributed by atoms with Gasteiger partial charge in [0.2, 0.25) is 5.91 Å². The van der Waals surface area contributed by atoms with Crippen molar-refractivity contribution in [3.63, 3.8) is 0 Å². The Morgan fingerprint density at radius 2 is 2.00 bits per heavy atom. The maximum Gasteiger partial charge on any atom is 0.306 e. The van der Waals surface area contributed by atoms with Crippen LogP contribution in [0.15, 0.2) is 36.5 Å². The second-order valence-electron chi connectivity index (χ2n) is 5.06. The molecule has 0 unspecified atom stereocenters. The van der Waals surface area contributed by atoms with Crippen molar-refractivity contribution in [2.75, 3.05) is 19.8 Å². The van der Waals surface area contributed by atoms with E-state index in [9.17, 15) is 9.59 Å². The zero-order chi connectivity index (χ0) is 17.9. The van der Waals surface area contributed by atoms with E-state index in [4.69, 9.17) is 9.47 Å². The van der Waals surface area contributed by atoms with Crippen LogP contribution in [-0.4, -0.2) is 36.6 Å². The summed E-state index contributed by atoms with van der Waals surface area (Å²) in [5, 5.41) is 3.62. The van der Waals surface area contributed by atoms with Crippen LogP contribution in [0.1, 0.15) is 19.8 Å². The molecule has 0 aliphatic rings. The highest BCUT2D eigenvalue weighted by molar-refractivity contribution is 5.84. The van der Waals surface area contributed by atoms with Crippen LogP contribution < -0.4 is 10.1 Å². The lowest BCUT2D eigenvalue weighted by atomic mass is 10.2. The molecule has 1 N–H and O–H groups in total. The zero-order valence-corrected chi connectivity index (χ0v) is 14.1. The highest BCUT2D eigenvalue weighted by atomic mass is 16.5. The predicted molar refractivity (Wildman–Crippen MR) is 93.9 cm³/mol. The SMILES string of the molecule is CCOC(=O)CCC(=O)NCC#CCOc1cccc2cccnc12. The van der Waals surface area contributed by atoms with E-state index in [0.29, 0.717) is 12.4 Å². The van der Waals surface area contributed by atoms with E-state index in [1.165, 1.54) is 0 Å². The van der Waals surface area contributed by atoms with Crippen molar-refractivity contribution < 1.29 is 19.1 Å². The minimum atomic E-state index is -0.374. The number of pyridine rings is 1. The van der Waals surface area contributed by atoms with Gasteiger partial charge in [0.05, 0.1) is 19.6 Å². The molecule has 0 atom stereocenters. The number of hydrogen-bond donors (Lipinski definition) is 1. The summed E-state index contributed by atoms with van der Waals surface area (Å²) < 4.78 is 10.4. The molecule has 130 valence electrons. The predicted octanol–water partition coefficient (Wildman–Crippen LogP) is 2.08. The third-order valence-electron chi connectivity index (χ3n) is 3.26. The van der Waals surface area contributed by atoms with Crippen molar-refractivity contribution in [1.82, 2.24) is 10.3 Å². The molecule has 0 aliphatic carbocycles. The number of hydrogen-bond acceptors (Lipinski definition) is 5. The van der Waals surface area contributed by atoms with Gasteiger partial charge in [-0.1, -0.05) is 30.0 Å². The number of ether oxygens (including phenoxy) is 2. The van der Waals surface area contributed by atoms with Gasteiger partial charge in [0, 0.05) is 18.0 Å². The van der Waals surface area contributed by atoms with E-state index < -0.39 is 0 Å². The first-order valence-corrected chi connectivity index (χ1v) is 8.05. The molecular weight excluding hydrogens is 320 g/mol. The summed E-state index contributed by atoms with van der Waals surface area (Å²) in [7, 11) is 0. The van der Waals surface area contributed by atoms with E-state index in [0.717, 1.165) is 10.9 Å². The molecular formula is C19H20N2O4. The van der Waals surface area contributed by atoms with Crippen LogP contribution >= 0.6 is 0 Å². The Kier molecular flexibility index (Phi) is 7.26. The highest BCUT2D eigenvalue weighted by Crippen LogP contribution is 2.22. The molecule has 0 radical (unpaired) electrons. The first kappa shape index (κ1) is 18.3. The average molecular weight is 340 g/mol. The molecule has 1 heterocycles. The zero-order valence-electron chi connectivity index (χ0n) is 14.1. The minimum Gasteiger partial charge on any atom is -0.479 e. The van der Waals surface area contributed by atoms with Crippen LogP contribution in [-0.2, 0) is 14.3 Å². The fourth-order valence-corrected chi connectivity index (χ4v) is 2.10. The van der Waals surface area contributed by atoms with Gasteiger partial charge >= 0.3 is 5.97 Å². The van der Waals surface area contributed by atoms with Gasteiger partial charge in [-0.25, -0.2) is 0 Å². The number of amides is 1. The van der Waals surface area contributed by atoms with Crippen molar-refractivity contribution >= 4 is 22.8 Å². The van der Waals surface area contributed by atoms with Crippen LogP contribution in [0.5, 0.6) is 5.75 Å². The molecule has 0 aliphatic heterocycles. The second-order valence-corrected chi connectivity index (χ2v) is 5.06. The van der Waals surface area contributed by atoms with E-state index >= 15 is 0 Å². The van der Waals surface area contributed by atoms with Crippen molar-refractivity contribution in [2.24, 2.45) is 0 Å². The van der Waals surface area contributed by atoms with Crippen LogP contribution in [0, 0.1) is 11.8 Å². The number of rotatable bonds is 7. The molecule has 0 saturated carbocycles. The molecule has 0 fully saturated rings. The van der Waals surface area contributed by atoms with E-state index in [2.05, 4.69) is 22.1 Å². The maximum absolute atomic E-state index is 11.5. The topological polar surface area (TPSA) is 77.5 Å². The van der Waals surface area contributed by atoms with Crippen molar-refractivity contribution in [3.8, 4) is 17.6 Å². The number of carbonyl (C=O) groups is 2. The van der Waals surface area contributed by atoms with Crippen molar-refractivity contribution in [2.45, 2.75) is 19.8 Å². The first-order valence-electron chi connectivity index (χ1n) is 8.05. The number of para-hydroxylation sites is 1. The Balaban J connectivity index is 1.70. The molecule has 6 heteroatoms. The summed E-state index contributed by atoms with van der Waals surface area (Å²) in [4.78, 5) is 27.0. The van der Waals surface area contributed by atoms with Gasteiger partial charge in [-0.3, -0.25) is 14.6 Å². The highest BCUT2D eigenvalue weighted by Gasteiger charge is 2.06. The van der Waals surface area contributed by atoms with Gasteiger partial charge in [-0.2, -0.15) is 0 Å². The molecule has 2 rings (SSSR count). The lowest BCUT2D eigenvalue weighted by molar-refractivity contribution is -0.144. The summed E-state index contributed by atoms with van der Waals surface area (Å²) in [5.74, 6) is 5.70. The number of aromatic nitrogens is 1. The summed E-state index contributed by atoms with van der Waals surface area (Å²) in [6.45, 7) is 2.45. The van der Waals surface area contributed by atoms with Gasteiger partial charge in [-0.05, 0) is 19.1 Å². The molecule has 1 amide bonds. The third-order valence-corrected chi connectivity index (χ3v) is 3.26. The van der Waals surface area contributed by atoms with Crippen molar-refractivity contribution in [1.29, 1.82) is 0 Å². The van der Waals surface area contributed by atoms with E-state index in [1.807, 2.05) is 30.3 Å². The Hall–Kier alpha value is -3.07. The van der Waals surface area contributed by atoms with Gasteiger partial charge in [-0.15, -0.1) is 0 Å². The van der Waals surface area contributed by atoms with Crippen LogP contribution in [0.25, 0.3) is 10.9 Å². The molecule has 0 saturated heterocycles. The summed E-state index contributed by atoms with van der Waals surface area (Å²) in [5.41, 5.74) is 0.791. The number of benzene rings is 1. The molecule has 2 aromatic rings. The summed E-state index contributed by atoms with van der Waals surface area (Å²) >= 11 is 0. The van der Waals surface area contributed by atoms with Gasteiger partial charge in [0.1, 0.15) is 17.9 Å². The van der Waals surface area contributed by atoms with Crippen LogP contribution in [0.3, 0.4) is 0 Å². The number of esters is 1. The Bertz CT molecular complexity index is 787. The van der Waals surface area contributed by atoms with E-state index in [1.54, 1.807) is 13.1 Å². The fraction of sp³-hybridized carbons (Fsp3) is 0.316. The lowest BCUT2D eigenvalue weighted by Gasteiger charge is -2.05. The van der Waals surface area contributed by atoms with E-state index in [-0.39, 0.29) is 37.9 Å². The molecule has 1 aromatic carbocycles. The Labute approximate surface area is 146 Å². The number of fused-ring (bicyclic) bond motifs is 1. The molecule has 6 nitrogen and oxygen atoms in total. The fourth-order valence-electron chi connectivity index (χ4n) is 2.10. The number of nitrogens with zero attached hydrogens (tertiary/aromatic N) is 1. The van der Waals surface area contributed by atoms with Crippen molar-refractivity contribution in [3.05, 3.63) is 36.5 Å². The third kappa shape index (κ3) is 6.15. The molecule has 0 spiro atoms. The van der Waals surface area contributed by atoms with Crippen LogP contribution in [0.4, 0.5) is 0 Å². The van der Waals surface area contributed by atoms with Gasteiger partial charge in [0.25, 0.3) is 0 Å². The summed E-state index contributed by atoms with van der Waals surface area (Å²) in [6.07, 6.45) is 1.88. The quantitative estimate of drug-likeness (QED) is 0.617. The Morgan fingerprint density at radius 3 is 2.84 bits per heavy atom. The van der Waals surface area contributed by atoms with Gasteiger partial charge < -0.3 is 14.8 Å². The molecule has 1 aromatic heterocycles. The average Bonchev–Trinajstić information content (AvgIpc) is 2.63. The summed E-state index contributed by atoms with van der Waals surface area (Å²) in [6, 6.07) is 9.54. The second kappa shape index (κ2) is 9.93. The maximum atomic E-state index is 11.5. The van der Waals surface area contributed by atoms with Crippen LogP contribution in [0.2, 0.25) is 0 Å². The lowest BCUT2D eigenvalue weighted by Crippen LogP contribution is -2.24. The first-order chi connectivity index (χ1) is 12.2. The smallest absolute Gasteiger partial charge is 0.306 e. The monoisotopic (exact) mass is 340 g/mol. The number of carbonyl (C=O) groups excluding carboxylic acids is 2. The normalized spacial score (nSPS) is 9.80. The largest absolute Gasteiger partial charge is 0.479 e. The molecule has 0 bridgehead atoms. The standard InChI is InChI=1S/C19H20N2O4/c1-2-24-18(23)11-10-17(22)20-12-3-4-14-25-16-9-5-7-15-8-6-13-21-19(15)16/h5-9,13H,2,10-12,14H2,1H3,(H,20,22). The molecule has 25 heavy (non-hydrogen) atoms. The number of nitrogens with one attached hydrogen (secondary N) is 1. The Morgan fingerprint density at radius 1 is 1.16 bits per heavy atom. The minimum absolute atomic E-state index is 0.0737. The van der Waals surface area contributed by atoms with Gasteiger partial charge in [0.15, 0.2) is 0 Å².